The van der Waals surface area contributed by atoms with Gasteiger partial charge in [-0.2, -0.15) is 11.8 Å². The Balaban J connectivity index is 1.68. The summed E-state index contributed by atoms with van der Waals surface area (Å²) in [6.45, 7) is 4.70. The lowest BCUT2D eigenvalue weighted by Crippen LogP contribution is -2.55. The molecule has 2 nitrogen and oxygen atoms in total. The third kappa shape index (κ3) is 1.86. The molecule has 116 valence electrons. The van der Waals surface area contributed by atoms with E-state index < -0.39 is 0 Å². The van der Waals surface area contributed by atoms with E-state index >= 15 is 0 Å². The molecule has 1 aliphatic heterocycles. The molecule has 1 N–H and O–H groups in total. The van der Waals surface area contributed by atoms with E-state index in [-0.39, 0.29) is 16.9 Å². The van der Waals surface area contributed by atoms with Gasteiger partial charge in [-0.1, -0.05) is 19.9 Å². The van der Waals surface area contributed by atoms with Gasteiger partial charge in [0.15, 0.2) is 5.78 Å². The highest BCUT2D eigenvalue weighted by Gasteiger charge is 2.59. The van der Waals surface area contributed by atoms with Crippen LogP contribution < -0.4 is 0 Å². The molecule has 1 heterocycles. The van der Waals surface area contributed by atoms with Crippen LogP contribution in [0.4, 0.5) is 0 Å². The number of aliphatic hydroxyl groups excluding tert-OH is 1. The topological polar surface area (TPSA) is 37.3 Å². The summed E-state index contributed by atoms with van der Waals surface area (Å²) in [7, 11) is 0. The number of thioether (sulfide) groups is 1. The van der Waals surface area contributed by atoms with E-state index in [4.69, 9.17) is 0 Å². The Kier molecular flexibility index (Phi) is 3.14. The maximum atomic E-state index is 11.8. The van der Waals surface area contributed by atoms with Crippen molar-refractivity contribution in [2.75, 3.05) is 5.75 Å². The van der Waals surface area contributed by atoms with Crippen LogP contribution in [-0.2, 0) is 4.79 Å². The fourth-order valence-corrected chi connectivity index (χ4v) is 7.97. The summed E-state index contributed by atoms with van der Waals surface area (Å²) in [6.07, 6.45) is 9.36. The number of rotatable bonds is 0. The molecular weight excluding hydrogens is 280 g/mol. The molecular formula is C18H26O2S. The number of aliphatic hydroxyl groups is 1. The summed E-state index contributed by atoms with van der Waals surface area (Å²) < 4.78 is 0. The minimum absolute atomic E-state index is 0.107. The molecule has 2 unspecified atom stereocenters. The Morgan fingerprint density at radius 2 is 2.05 bits per heavy atom. The highest BCUT2D eigenvalue weighted by molar-refractivity contribution is 8.00. The van der Waals surface area contributed by atoms with E-state index in [0.717, 1.165) is 24.5 Å². The number of carbonyl (C=O) groups is 1. The molecule has 3 fully saturated rings. The second kappa shape index (κ2) is 4.61. The van der Waals surface area contributed by atoms with Crippen LogP contribution in [0.2, 0.25) is 0 Å². The zero-order chi connectivity index (χ0) is 14.8. The van der Waals surface area contributed by atoms with Crippen molar-refractivity contribution in [3.63, 3.8) is 0 Å². The fraction of sp³-hybridized carbons (Fsp3) is 0.833. The van der Waals surface area contributed by atoms with Crippen LogP contribution in [0.15, 0.2) is 12.2 Å². The van der Waals surface area contributed by atoms with Gasteiger partial charge in [-0.05, 0) is 49.5 Å². The van der Waals surface area contributed by atoms with Crippen molar-refractivity contribution >= 4 is 17.5 Å². The van der Waals surface area contributed by atoms with Crippen molar-refractivity contribution in [2.24, 2.45) is 28.6 Å². The van der Waals surface area contributed by atoms with Gasteiger partial charge >= 0.3 is 0 Å². The van der Waals surface area contributed by atoms with Crippen LogP contribution in [0.1, 0.15) is 46.0 Å². The first kappa shape index (κ1) is 14.3. The first-order valence-electron chi connectivity index (χ1n) is 8.47. The lowest BCUT2D eigenvalue weighted by Gasteiger charge is -2.58. The molecule has 2 saturated carbocycles. The number of ketones is 1. The number of fused-ring (bicyclic) bond motifs is 5. The number of hydrogen-bond acceptors (Lipinski definition) is 3. The molecule has 3 heteroatoms. The molecule has 3 aliphatic carbocycles. The first-order chi connectivity index (χ1) is 9.95. The average Bonchev–Trinajstić information content (AvgIpc) is 2.76. The maximum Gasteiger partial charge on any atom is 0.155 e. The van der Waals surface area contributed by atoms with E-state index in [1.54, 1.807) is 0 Å². The summed E-state index contributed by atoms with van der Waals surface area (Å²) in [5, 5.41) is 11.1. The minimum Gasteiger partial charge on any atom is -0.393 e. The molecule has 0 radical (unpaired) electrons. The van der Waals surface area contributed by atoms with Gasteiger partial charge in [-0.25, -0.2) is 0 Å². The van der Waals surface area contributed by atoms with Crippen molar-refractivity contribution in [1.29, 1.82) is 0 Å². The molecule has 0 spiro atoms. The second-order valence-corrected chi connectivity index (χ2v) is 9.37. The second-order valence-electron chi connectivity index (χ2n) is 8.24. The molecule has 21 heavy (non-hydrogen) atoms. The quantitative estimate of drug-likeness (QED) is 0.745. The van der Waals surface area contributed by atoms with Crippen molar-refractivity contribution in [3.8, 4) is 0 Å². The Morgan fingerprint density at radius 3 is 2.86 bits per heavy atom. The van der Waals surface area contributed by atoms with Gasteiger partial charge in [0.25, 0.3) is 0 Å². The molecule has 0 aromatic heterocycles. The SMILES string of the molecule is C[C@]12C=CC(=O)CC1CC[C@@H]1[C@H]2SC[C@]2(C)C(O)CC[C@@H]12. The Labute approximate surface area is 131 Å². The monoisotopic (exact) mass is 306 g/mol. The van der Waals surface area contributed by atoms with E-state index in [0.29, 0.717) is 22.9 Å². The van der Waals surface area contributed by atoms with Gasteiger partial charge in [-0.15, -0.1) is 0 Å². The van der Waals surface area contributed by atoms with Gasteiger partial charge in [-0.3, -0.25) is 4.79 Å². The number of hydrogen-bond donors (Lipinski definition) is 1. The highest BCUT2D eigenvalue weighted by atomic mass is 32.2. The maximum absolute atomic E-state index is 11.8. The summed E-state index contributed by atoms with van der Waals surface area (Å²) in [5.74, 6) is 3.36. The Morgan fingerprint density at radius 1 is 1.24 bits per heavy atom. The van der Waals surface area contributed by atoms with Crippen molar-refractivity contribution in [2.45, 2.75) is 57.3 Å². The summed E-state index contributed by atoms with van der Waals surface area (Å²) in [6, 6.07) is 0. The summed E-state index contributed by atoms with van der Waals surface area (Å²) in [4.78, 5) is 11.8. The van der Waals surface area contributed by atoms with Gasteiger partial charge < -0.3 is 5.11 Å². The zero-order valence-electron chi connectivity index (χ0n) is 13.0. The fourth-order valence-electron chi connectivity index (χ4n) is 5.82. The van der Waals surface area contributed by atoms with Crippen LogP contribution in [0.25, 0.3) is 0 Å². The van der Waals surface area contributed by atoms with Crippen LogP contribution in [0, 0.1) is 28.6 Å². The zero-order valence-corrected chi connectivity index (χ0v) is 13.9. The lowest BCUT2D eigenvalue weighted by atomic mass is 9.55. The minimum atomic E-state index is -0.107. The normalized spacial score (nSPS) is 55.8. The third-order valence-electron chi connectivity index (χ3n) is 7.26. The van der Waals surface area contributed by atoms with Crippen molar-refractivity contribution in [3.05, 3.63) is 12.2 Å². The van der Waals surface area contributed by atoms with E-state index in [9.17, 15) is 9.90 Å². The number of allylic oxidation sites excluding steroid dienone is 2. The molecule has 0 aromatic rings. The molecule has 0 aromatic carbocycles. The first-order valence-corrected chi connectivity index (χ1v) is 9.52. The van der Waals surface area contributed by atoms with Gasteiger partial charge in [0.2, 0.25) is 0 Å². The largest absolute Gasteiger partial charge is 0.393 e. The predicted octanol–water partition coefficient (Wildman–Crippen LogP) is 3.44. The van der Waals surface area contributed by atoms with Gasteiger partial charge in [0.1, 0.15) is 0 Å². The Bertz CT molecular complexity index is 501. The van der Waals surface area contributed by atoms with E-state index in [2.05, 4.69) is 31.7 Å². The lowest BCUT2D eigenvalue weighted by molar-refractivity contribution is -0.118. The molecule has 7 atom stereocenters. The third-order valence-corrected chi connectivity index (χ3v) is 9.26. The standard InChI is InChI=1S/C18H26O2S/c1-17-8-7-12(19)9-11(17)3-4-13-14-5-6-15(20)18(14,2)10-21-16(13)17/h7-8,11,13-16,20H,3-6,9-10H2,1-2H3/t11?,13-,14-,15?,16+,17-,18-/m0/s1. The predicted molar refractivity (Wildman–Crippen MR) is 86.2 cm³/mol. The van der Waals surface area contributed by atoms with E-state index in [1.807, 2.05) is 6.08 Å². The van der Waals surface area contributed by atoms with Crippen LogP contribution >= 0.6 is 11.8 Å². The van der Waals surface area contributed by atoms with E-state index in [1.165, 1.54) is 19.3 Å². The van der Waals surface area contributed by atoms with Gasteiger partial charge in [0.05, 0.1) is 6.10 Å². The average molecular weight is 306 g/mol. The van der Waals surface area contributed by atoms with Crippen LogP contribution in [0.3, 0.4) is 0 Å². The molecule has 4 rings (SSSR count). The van der Waals surface area contributed by atoms with Gasteiger partial charge in [0, 0.05) is 28.3 Å². The molecule has 1 saturated heterocycles. The molecule has 0 bridgehead atoms. The van der Waals surface area contributed by atoms with Crippen molar-refractivity contribution < 1.29 is 9.90 Å². The Hall–Kier alpha value is -0.280. The summed E-state index contributed by atoms with van der Waals surface area (Å²) >= 11 is 2.09. The van der Waals surface area contributed by atoms with Crippen molar-refractivity contribution in [1.82, 2.24) is 0 Å². The summed E-state index contributed by atoms with van der Waals surface area (Å²) in [5.41, 5.74) is 0.319. The molecule has 4 aliphatic rings. The van der Waals surface area contributed by atoms with Crippen LogP contribution in [0.5, 0.6) is 0 Å². The molecule has 0 amide bonds. The number of carbonyl (C=O) groups excluding carboxylic acids is 1. The van der Waals surface area contributed by atoms with Crippen LogP contribution in [-0.4, -0.2) is 28.0 Å². The smallest absolute Gasteiger partial charge is 0.155 e. The highest BCUT2D eigenvalue weighted by Crippen LogP contribution is 2.64.